The van der Waals surface area contributed by atoms with Crippen LogP contribution in [0.15, 0.2) is 12.7 Å². The molecule has 1 fully saturated rings. The average Bonchev–Trinajstić information content (AvgIpc) is 1.99. The van der Waals surface area contributed by atoms with Gasteiger partial charge in [0, 0.05) is 6.42 Å². The van der Waals surface area contributed by atoms with Gasteiger partial charge in [-0.1, -0.05) is 6.08 Å². The van der Waals surface area contributed by atoms with E-state index in [1.165, 1.54) is 0 Å². The Morgan fingerprint density at radius 3 is 2.64 bits per heavy atom. The lowest BCUT2D eigenvalue weighted by molar-refractivity contribution is -0.148. The third kappa shape index (κ3) is 1.80. The summed E-state index contributed by atoms with van der Waals surface area (Å²) in [4.78, 5) is 0. The summed E-state index contributed by atoms with van der Waals surface area (Å²) in [5.74, 6) is 0. The number of aliphatic hydroxyl groups is 2. The first-order chi connectivity index (χ1) is 5.15. The molecule has 1 saturated heterocycles. The Kier molecular flexibility index (Phi) is 2.65. The van der Waals surface area contributed by atoms with Crippen molar-refractivity contribution in [3.63, 3.8) is 0 Å². The topological polar surface area (TPSA) is 49.7 Å². The van der Waals surface area contributed by atoms with Crippen molar-refractivity contribution in [3.05, 3.63) is 12.7 Å². The van der Waals surface area contributed by atoms with E-state index in [4.69, 9.17) is 4.74 Å². The summed E-state index contributed by atoms with van der Waals surface area (Å²) in [5.41, 5.74) is 0. The molecule has 4 unspecified atom stereocenters. The van der Waals surface area contributed by atoms with E-state index in [2.05, 4.69) is 6.58 Å². The van der Waals surface area contributed by atoms with Crippen LogP contribution in [0.5, 0.6) is 0 Å². The number of ether oxygens (including phenoxy) is 1. The van der Waals surface area contributed by atoms with Crippen molar-refractivity contribution in [2.75, 3.05) is 0 Å². The minimum atomic E-state index is -0.758. The molecule has 0 saturated carbocycles. The van der Waals surface area contributed by atoms with Gasteiger partial charge in [-0.2, -0.15) is 0 Å². The summed E-state index contributed by atoms with van der Waals surface area (Å²) >= 11 is 0. The molecule has 0 amide bonds. The Hall–Kier alpha value is -0.380. The molecule has 1 rings (SSSR count). The average molecular weight is 158 g/mol. The Labute approximate surface area is 66.3 Å². The summed E-state index contributed by atoms with van der Waals surface area (Å²) < 4.78 is 5.29. The van der Waals surface area contributed by atoms with E-state index in [0.29, 0.717) is 6.42 Å². The molecule has 11 heavy (non-hydrogen) atoms. The quantitative estimate of drug-likeness (QED) is 0.531. The highest BCUT2D eigenvalue weighted by molar-refractivity contribution is 4.90. The van der Waals surface area contributed by atoms with Crippen LogP contribution in [0.3, 0.4) is 0 Å². The zero-order valence-corrected chi connectivity index (χ0v) is 6.60. The number of hydrogen-bond acceptors (Lipinski definition) is 3. The number of rotatable bonds is 1. The van der Waals surface area contributed by atoms with Gasteiger partial charge in [0.05, 0.1) is 18.3 Å². The zero-order chi connectivity index (χ0) is 8.43. The maximum absolute atomic E-state index is 9.27. The Bertz CT molecular complexity index is 134. The van der Waals surface area contributed by atoms with Crippen LogP contribution < -0.4 is 0 Å². The van der Waals surface area contributed by atoms with Crippen molar-refractivity contribution < 1.29 is 14.9 Å². The first-order valence-corrected chi connectivity index (χ1v) is 3.79. The van der Waals surface area contributed by atoms with Crippen LogP contribution in [-0.2, 0) is 4.74 Å². The maximum atomic E-state index is 9.27. The Balaban J connectivity index is 2.54. The van der Waals surface area contributed by atoms with Crippen LogP contribution in [0, 0.1) is 0 Å². The van der Waals surface area contributed by atoms with Gasteiger partial charge in [0.15, 0.2) is 0 Å². The van der Waals surface area contributed by atoms with Crippen LogP contribution in [-0.4, -0.2) is 34.6 Å². The normalized spacial score (nSPS) is 45.4. The molecule has 0 bridgehead atoms. The zero-order valence-electron chi connectivity index (χ0n) is 6.60. The molecule has 1 aliphatic rings. The highest BCUT2D eigenvalue weighted by atomic mass is 16.5. The van der Waals surface area contributed by atoms with Crippen LogP contribution in [0.4, 0.5) is 0 Å². The van der Waals surface area contributed by atoms with E-state index in [1.54, 1.807) is 13.0 Å². The molecule has 0 aromatic carbocycles. The monoisotopic (exact) mass is 158 g/mol. The highest BCUT2D eigenvalue weighted by Gasteiger charge is 2.32. The fourth-order valence-corrected chi connectivity index (χ4v) is 1.25. The van der Waals surface area contributed by atoms with Crippen molar-refractivity contribution in [3.8, 4) is 0 Å². The van der Waals surface area contributed by atoms with E-state index in [9.17, 15) is 10.2 Å². The molecule has 0 radical (unpaired) electrons. The minimum absolute atomic E-state index is 0.122. The number of aliphatic hydroxyl groups excluding tert-OH is 2. The second-order valence-electron chi connectivity index (χ2n) is 2.91. The van der Waals surface area contributed by atoms with Crippen LogP contribution >= 0.6 is 0 Å². The predicted octanol–water partition coefficient (Wildman–Crippen LogP) is 0.0716. The molecular weight excluding hydrogens is 144 g/mol. The van der Waals surface area contributed by atoms with Gasteiger partial charge < -0.3 is 14.9 Å². The summed E-state index contributed by atoms with van der Waals surface area (Å²) in [7, 11) is 0. The molecule has 0 spiro atoms. The van der Waals surface area contributed by atoms with Gasteiger partial charge in [-0.05, 0) is 6.92 Å². The molecular formula is C8H14O3. The van der Waals surface area contributed by atoms with Crippen LogP contribution in [0.1, 0.15) is 13.3 Å². The second kappa shape index (κ2) is 3.34. The highest BCUT2D eigenvalue weighted by Crippen LogP contribution is 2.20. The van der Waals surface area contributed by atoms with E-state index < -0.39 is 12.2 Å². The first-order valence-electron chi connectivity index (χ1n) is 3.79. The first kappa shape index (κ1) is 8.71. The molecule has 64 valence electrons. The molecule has 0 aromatic heterocycles. The fourth-order valence-electron chi connectivity index (χ4n) is 1.25. The van der Waals surface area contributed by atoms with E-state index in [-0.39, 0.29) is 12.2 Å². The summed E-state index contributed by atoms with van der Waals surface area (Å²) in [5, 5.41) is 18.5. The largest absolute Gasteiger partial charge is 0.390 e. The standard InChI is InChI=1S/C8H14O3/c1-3-6-4-7(9)8(10)5(2)11-6/h3,5-10H,1,4H2,2H3. The third-order valence-electron chi connectivity index (χ3n) is 2.00. The van der Waals surface area contributed by atoms with Gasteiger partial charge in [0.25, 0.3) is 0 Å². The van der Waals surface area contributed by atoms with Gasteiger partial charge in [0.1, 0.15) is 6.10 Å². The Morgan fingerprint density at radius 1 is 1.55 bits per heavy atom. The molecule has 1 heterocycles. The fraction of sp³-hybridized carbons (Fsp3) is 0.750. The lowest BCUT2D eigenvalue weighted by Gasteiger charge is -2.33. The Morgan fingerprint density at radius 2 is 2.18 bits per heavy atom. The van der Waals surface area contributed by atoms with Crippen molar-refractivity contribution in [2.45, 2.75) is 37.8 Å². The van der Waals surface area contributed by atoms with Gasteiger partial charge in [-0.25, -0.2) is 0 Å². The van der Waals surface area contributed by atoms with E-state index in [1.807, 2.05) is 0 Å². The van der Waals surface area contributed by atoms with E-state index in [0.717, 1.165) is 0 Å². The summed E-state index contributed by atoms with van der Waals surface area (Å²) in [6.45, 7) is 5.30. The lowest BCUT2D eigenvalue weighted by Crippen LogP contribution is -2.46. The van der Waals surface area contributed by atoms with Crippen molar-refractivity contribution in [1.29, 1.82) is 0 Å². The van der Waals surface area contributed by atoms with Gasteiger partial charge in [-0.15, -0.1) is 6.58 Å². The second-order valence-corrected chi connectivity index (χ2v) is 2.91. The molecule has 2 N–H and O–H groups in total. The van der Waals surface area contributed by atoms with Crippen molar-refractivity contribution >= 4 is 0 Å². The molecule has 4 atom stereocenters. The molecule has 3 nitrogen and oxygen atoms in total. The van der Waals surface area contributed by atoms with Gasteiger partial charge in [-0.3, -0.25) is 0 Å². The summed E-state index contributed by atoms with van der Waals surface area (Å²) in [6, 6.07) is 0. The number of hydrogen-bond donors (Lipinski definition) is 2. The van der Waals surface area contributed by atoms with Crippen molar-refractivity contribution in [2.24, 2.45) is 0 Å². The molecule has 0 aromatic rings. The lowest BCUT2D eigenvalue weighted by atomic mass is 9.99. The molecule has 1 aliphatic heterocycles. The van der Waals surface area contributed by atoms with Crippen molar-refractivity contribution in [1.82, 2.24) is 0 Å². The third-order valence-corrected chi connectivity index (χ3v) is 2.00. The minimum Gasteiger partial charge on any atom is -0.390 e. The van der Waals surface area contributed by atoms with Gasteiger partial charge in [0.2, 0.25) is 0 Å². The smallest absolute Gasteiger partial charge is 0.106 e. The SMILES string of the molecule is C=CC1CC(O)C(O)C(C)O1. The van der Waals surface area contributed by atoms with Crippen LogP contribution in [0.25, 0.3) is 0 Å². The maximum Gasteiger partial charge on any atom is 0.106 e. The molecule has 3 heteroatoms. The van der Waals surface area contributed by atoms with Crippen LogP contribution in [0.2, 0.25) is 0 Å². The molecule has 0 aliphatic carbocycles. The predicted molar refractivity (Wildman–Crippen MR) is 41.2 cm³/mol. The van der Waals surface area contributed by atoms with Gasteiger partial charge >= 0.3 is 0 Å². The summed E-state index contributed by atoms with van der Waals surface area (Å²) in [6.07, 6.45) is 0.221. The van der Waals surface area contributed by atoms with E-state index >= 15 is 0 Å².